The summed E-state index contributed by atoms with van der Waals surface area (Å²) in [6, 6.07) is 8.20. The third-order valence-corrected chi connectivity index (χ3v) is 9.42. The van der Waals surface area contributed by atoms with Crippen molar-refractivity contribution in [1.82, 2.24) is 9.13 Å². The van der Waals surface area contributed by atoms with Crippen LogP contribution in [0.15, 0.2) is 46.1 Å². The second kappa shape index (κ2) is 14.7. The summed E-state index contributed by atoms with van der Waals surface area (Å²) in [6.45, 7) is 1.87. The minimum absolute atomic E-state index is 0.0530. The number of hydrogen-bond acceptors (Lipinski definition) is 9. The summed E-state index contributed by atoms with van der Waals surface area (Å²) in [4.78, 5) is 52.0. The van der Waals surface area contributed by atoms with E-state index in [1.807, 2.05) is 0 Å². The highest BCUT2D eigenvalue weighted by atomic mass is 31.2. The topological polar surface area (TPSA) is 132 Å². The molecule has 3 atom stereocenters. The molecule has 0 bridgehead atoms. The number of benzene rings is 1. The van der Waals surface area contributed by atoms with Crippen LogP contribution in [-0.4, -0.2) is 54.8 Å². The number of esters is 1. The molecule has 220 valence electrons. The number of hydrogen-bond donors (Lipinski definition) is 0. The van der Waals surface area contributed by atoms with Crippen molar-refractivity contribution in [3.05, 3.63) is 68.5 Å². The quantitative estimate of drug-likeness (QED) is 0.303. The monoisotopic (exact) mass is 578 g/mol. The average molecular weight is 579 g/mol. The SMILES string of the molecule is COC(=O)C(OCC1CCCCCCCC1Cn1cc(C)c(=O)n(C(=O)c2ccccc2)c1=O)P(=O)(OC)OC. The minimum Gasteiger partial charge on any atom is -0.467 e. The van der Waals surface area contributed by atoms with Crippen LogP contribution in [0, 0.1) is 18.8 Å². The molecule has 1 aliphatic carbocycles. The van der Waals surface area contributed by atoms with Crippen LogP contribution in [0.4, 0.5) is 0 Å². The van der Waals surface area contributed by atoms with Crippen LogP contribution in [0.1, 0.15) is 60.9 Å². The van der Waals surface area contributed by atoms with Gasteiger partial charge in [-0.1, -0.05) is 50.3 Å². The van der Waals surface area contributed by atoms with Crippen LogP contribution >= 0.6 is 7.60 Å². The maximum absolute atomic E-state index is 13.5. The van der Waals surface area contributed by atoms with E-state index in [2.05, 4.69) is 0 Å². The van der Waals surface area contributed by atoms with Crippen LogP contribution in [0.25, 0.3) is 0 Å². The molecular formula is C28H39N2O9P. The first-order chi connectivity index (χ1) is 19.2. The lowest BCUT2D eigenvalue weighted by Crippen LogP contribution is -2.45. The molecule has 0 spiro atoms. The van der Waals surface area contributed by atoms with Crippen molar-refractivity contribution in [1.29, 1.82) is 0 Å². The van der Waals surface area contributed by atoms with E-state index in [9.17, 15) is 23.7 Å². The lowest BCUT2D eigenvalue weighted by Gasteiger charge is -2.30. The van der Waals surface area contributed by atoms with Crippen LogP contribution < -0.4 is 11.2 Å². The molecule has 1 aliphatic rings. The number of methoxy groups -OCH3 is 1. The highest BCUT2D eigenvalue weighted by Crippen LogP contribution is 2.52. The number of aryl methyl sites for hydroxylation is 1. The average Bonchev–Trinajstić information content (AvgIpc) is 3.08. The maximum atomic E-state index is 13.5. The standard InChI is InChI=1S/C28H39N2O9P/c1-20-17-29(28(34)30(24(20)31)25(32)21-13-11-8-12-14-21)18-22-15-9-6-5-7-10-16-23(22)19-39-27(26(33)36-2)40(35,37-3)38-4/h8,11-14,17,22-23,27H,5-7,9-10,15-16,18-19H2,1-4H3. The number of carbonyl (C=O) groups excluding carboxylic acids is 2. The van der Waals surface area contributed by atoms with Crippen molar-refractivity contribution in [2.24, 2.45) is 11.8 Å². The molecule has 0 amide bonds. The van der Waals surface area contributed by atoms with Crippen LogP contribution in [0.5, 0.6) is 0 Å². The third-order valence-electron chi connectivity index (χ3n) is 7.47. The lowest BCUT2D eigenvalue weighted by molar-refractivity contribution is -0.150. The van der Waals surface area contributed by atoms with E-state index in [0.717, 1.165) is 52.1 Å². The number of rotatable bonds is 10. The Balaban J connectivity index is 1.95. The number of carbonyl (C=O) groups is 2. The zero-order valence-corrected chi connectivity index (χ0v) is 24.5. The Hall–Kier alpha value is -2.85. The van der Waals surface area contributed by atoms with E-state index in [0.29, 0.717) is 4.57 Å². The Morgan fingerprint density at radius 3 is 2.15 bits per heavy atom. The number of ether oxygens (including phenoxy) is 2. The van der Waals surface area contributed by atoms with E-state index in [1.165, 1.54) is 25.0 Å². The van der Waals surface area contributed by atoms with Crippen molar-refractivity contribution < 1.29 is 32.7 Å². The van der Waals surface area contributed by atoms with Gasteiger partial charge in [0.1, 0.15) is 0 Å². The molecule has 3 rings (SSSR count). The van der Waals surface area contributed by atoms with Gasteiger partial charge < -0.3 is 18.5 Å². The van der Waals surface area contributed by atoms with E-state index in [4.69, 9.17) is 18.5 Å². The molecule has 3 unspecified atom stereocenters. The van der Waals surface area contributed by atoms with Crippen LogP contribution in [0.2, 0.25) is 0 Å². The molecule has 11 nitrogen and oxygen atoms in total. The smallest absolute Gasteiger partial charge is 0.370 e. The number of aromatic nitrogens is 2. The zero-order valence-electron chi connectivity index (χ0n) is 23.6. The Kier molecular flexibility index (Phi) is 11.6. The predicted octanol–water partition coefficient (Wildman–Crippen LogP) is 3.99. The van der Waals surface area contributed by atoms with Gasteiger partial charge in [0, 0.05) is 38.1 Å². The van der Waals surface area contributed by atoms with Gasteiger partial charge in [-0.15, -0.1) is 0 Å². The summed E-state index contributed by atoms with van der Waals surface area (Å²) >= 11 is 0. The minimum atomic E-state index is -3.94. The molecule has 1 heterocycles. The largest absolute Gasteiger partial charge is 0.467 e. The van der Waals surface area contributed by atoms with Crippen molar-refractivity contribution in [2.45, 2.75) is 64.3 Å². The summed E-state index contributed by atoms with van der Waals surface area (Å²) in [5.41, 5.74) is -0.853. The second-order valence-electron chi connectivity index (χ2n) is 10.0. The molecule has 1 aromatic carbocycles. The molecule has 2 aromatic rings. The first-order valence-corrected chi connectivity index (χ1v) is 15.1. The van der Waals surface area contributed by atoms with Gasteiger partial charge >= 0.3 is 19.3 Å². The van der Waals surface area contributed by atoms with Crippen molar-refractivity contribution >= 4 is 19.5 Å². The fraction of sp³-hybridized carbons (Fsp3) is 0.571. The molecule has 1 fully saturated rings. The third kappa shape index (κ3) is 7.46. The molecule has 1 aromatic heterocycles. The van der Waals surface area contributed by atoms with E-state index >= 15 is 0 Å². The summed E-state index contributed by atoms with van der Waals surface area (Å²) in [5, 5.41) is 0. The second-order valence-corrected chi connectivity index (χ2v) is 12.3. The van der Waals surface area contributed by atoms with Gasteiger partial charge in [0.25, 0.3) is 17.3 Å². The van der Waals surface area contributed by atoms with Gasteiger partial charge in [0.15, 0.2) is 0 Å². The maximum Gasteiger partial charge on any atom is 0.370 e. The summed E-state index contributed by atoms with van der Waals surface area (Å²) in [7, 11) is -0.429. The summed E-state index contributed by atoms with van der Waals surface area (Å²) in [6.07, 6.45) is 8.01. The lowest BCUT2D eigenvalue weighted by atomic mass is 9.85. The first kappa shape index (κ1) is 31.7. The van der Waals surface area contributed by atoms with E-state index in [1.54, 1.807) is 37.3 Å². The zero-order chi connectivity index (χ0) is 29.3. The van der Waals surface area contributed by atoms with Gasteiger partial charge in [-0.25, -0.2) is 9.59 Å². The Morgan fingerprint density at radius 1 is 0.950 bits per heavy atom. The molecule has 12 heteroatoms. The first-order valence-electron chi connectivity index (χ1n) is 13.5. The van der Waals surface area contributed by atoms with Gasteiger partial charge in [-0.2, -0.15) is 4.57 Å². The fourth-order valence-corrected chi connectivity index (χ4v) is 6.32. The molecular weight excluding hydrogens is 539 g/mol. The Bertz CT molecular complexity index is 1310. The molecule has 40 heavy (non-hydrogen) atoms. The molecule has 0 radical (unpaired) electrons. The van der Waals surface area contributed by atoms with Crippen molar-refractivity contribution in [2.75, 3.05) is 27.9 Å². The molecule has 0 N–H and O–H groups in total. The highest BCUT2D eigenvalue weighted by molar-refractivity contribution is 7.55. The molecule has 0 saturated heterocycles. The van der Waals surface area contributed by atoms with E-state index in [-0.39, 0.29) is 36.1 Å². The van der Waals surface area contributed by atoms with Gasteiger partial charge in [-0.3, -0.25) is 18.7 Å². The predicted molar refractivity (Wildman–Crippen MR) is 149 cm³/mol. The van der Waals surface area contributed by atoms with E-state index < -0.39 is 36.6 Å². The normalized spacial score (nSPS) is 19.2. The van der Waals surface area contributed by atoms with Crippen molar-refractivity contribution in [3.8, 4) is 0 Å². The molecule has 1 saturated carbocycles. The summed E-state index contributed by atoms with van der Waals surface area (Å²) in [5.74, 6) is -3.32. The highest BCUT2D eigenvalue weighted by Gasteiger charge is 2.43. The number of nitrogens with zero attached hydrogens (tertiary/aromatic N) is 2. The Morgan fingerprint density at radius 2 is 1.55 bits per heavy atom. The fourth-order valence-electron chi connectivity index (χ4n) is 5.15. The van der Waals surface area contributed by atoms with Gasteiger partial charge in [-0.05, 0) is 43.7 Å². The summed E-state index contributed by atoms with van der Waals surface area (Å²) < 4.78 is 35.8. The van der Waals surface area contributed by atoms with Gasteiger partial charge in [0.05, 0.1) is 13.7 Å². The Labute approximate surface area is 233 Å². The van der Waals surface area contributed by atoms with Gasteiger partial charge in [0.2, 0.25) is 0 Å². The molecule has 0 aliphatic heterocycles. The van der Waals surface area contributed by atoms with Crippen LogP contribution in [-0.2, 0) is 34.4 Å². The van der Waals surface area contributed by atoms with Crippen molar-refractivity contribution in [3.63, 3.8) is 0 Å². The van der Waals surface area contributed by atoms with Crippen LogP contribution in [0.3, 0.4) is 0 Å².